The lowest BCUT2D eigenvalue weighted by Gasteiger charge is -2.07. The van der Waals surface area contributed by atoms with Gasteiger partial charge in [-0.15, -0.1) is 21.5 Å². The van der Waals surface area contributed by atoms with Gasteiger partial charge < -0.3 is 15.4 Å². The van der Waals surface area contributed by atoms with Gasteiger partial charge in [0, 0.05) is 5.69 Å². The first-order valence-corrected chi connectivity index (χ1v) is 8.31. The molecule has 0 fully saturated rings. The molecule has 3 rings (SSSR count). The van der Waals surface area contributed by atoms with Gasteiger partial charge in [-0.2, -0.15) is 0 Å². The minimum absolute atomic E-state index is 0.188. The third kappa shape index (κ3) is 4.08. The van der Waals surface area contributed by atoms with E-state index in [2.05, 4.69) is 20.8 Å². The Morgan fingerprint density at radius 3 is 2.46 bits per heavy atom. The largest absolute Gasteiger partial charge is 0.494 e. The Bertz CT molecular complexity index is 786. The van der Waals surface area contributed by atoms with Gasteiger partial charge in [-0.3, -0.25) is 4.79 Å². The lowest BCUT2D eigenvalue weighted by Crippen LogP contribution is -2.12. The molecular formula is C17H16N4O2S. The number of carbonyl (C=O) groups excluding carboxylic acids is 1. The number of nitrogens with one attached hydrogen (secondary N) is 2. The number of ether oxygens (including phenoxy) is 1. The van der Waals surface area contributed by atoms with Crippen LogP contribution in [0.2, 0.25) is 0 Å². The van der Waals surface area contributed by atoms with Gasteiger partial charge in [-0.05, 0) is 54.8 Å². The second kappa shape index (κ2) is 7.56. The van der Waals surface area contributed by atoms with Crippen LogP contribution in [0.15, 0.2) is 53.9 Å². The summed E-state index contributed by atoms with van der Waals surface area (Å²) in [5.74, 6) is 1.63. The van der Waals surface area contributed by atoms with Crippen molar-refractivity contribution in [3.8, 4) is 5.75 Å². The Morgan fingerprint density at radius 1 is 1.08 bits per heavy atom. The van der Waals surface area contributed by atoms with Crippen molar-refractivity contribution in [2.75, 3.05) is 17.2 Å². The lowest BCUT2D eigenvalue weighted by atomic mass is 10.3. The van der Waals surface area contributed by atoms with Crippen LogP contribution in [0.5, 0.6) is 5.75 Å². The van der Waals surface area contributed by atoms with E-state index >= 15 is 0 Å². The highest BCUT2D eigenvalue weighted by atomic mass is 32.1. The number of hydrogen-bond acceptors (Lipinski definition) is 6. The number of thiophene rings is 1. The summed E-state index contributed by atoms with van der Waals surface area (Å²) < 4.78 is 5.40. The minimum atomic E-state index is -0.188. The monoisotopic (exact) mass is 340 g/mol. The topological polar surface area (TPSA) is 76.1 Å². The standard InChI is InChI=1S/C17H16N4O2S/c1-2-23-13-7-5-12(6-8-13)18-15-9-10-16(21-20-15)19-17(22)14-4-3-11-24-14/h3-11H,2H2,1H3,(H,18,20)(H,19,21,22). The number of carbonyl (C=O) groups is 1. The Balaban J connectivity index is 1.61. The molecule has 7 heteroatoms. The second-order valence-corrected chi connectivity index (χ2v) is 5.77. The van der Waals surface area contributed by atoms with Gasteiger partial charge in [0.25, 0.3) is 5.91 Å². The van der Waals surface area contributed by atoms with Crippen molar-refractivity contribution in [3.05, 3.63) is 58.8 Å². The van der Waals surface area contributed by atoms with Crippen LogP contribution in [0.25, 0.3) is 0 Å². The summed E-state index contributed by atoms with van der Waals surface area (Å²) in [5.41, 5.74) is 0.878. The van der Waals surface area contributed by atoms with Crippen LogP contribution in [-0.4, -0.2) is 22.7 Å². The van der Waals surface area contributed by atoms with Crippen molar-refractivity contribution >= 4 is 34.6 Å². The Hall–Kier alpha value is -2.93. The quantitative estimate of drug-likeness (QED) is 0.711. The maximum absolute atomic E-state index is 11.9. The summed E-state index contributed by atoms with van der Waals surface area (Å²) in [5, 5.41) is 15.8. The molecule has 0 aliphatic carbocycles. The second-order valence-electron chi connectivity index (χ2n) is 4.82. The summed E-state index contributed by atoms with van der Waals surface area (Å²) >= 11 is 1.38. The molecule has 0 saturated heterocycles. The normalized spacial score (nSPS) is 10.2. The van der Waals surface area contributed by atoms with E-state index in [-0.39, 0.29) is 5.91 Å². The van der Waals surface area contributed by atoms with E-state index in [0.717, 1.165) is 11.4 Å². The Labute approximate surface area is 143 Å². The van der Waals surface area contributed by atoms with Crippen molar-refractivity contribution in [1.82, 2.24) is 10.2 Å². The van der Waals surface area contributed by atoms with Gasteiger partial charge in [-0.25, -0.2) is 0 Å². The molecule has 122 valence electrons. The highest BCUT2D eigenvalue weighted by Gasteiger charge is 2.08. The molecule has 0 bridgehead atoms. The fourth-order valence-corrected chi connectivity index (χ4v) is 2.62. The van der Waals surface area contributed by atoms with Gasteiger partial charge in [0.1, 0.15) is 5.75 Å². The van der Waals surface area contributed by atoms with Crippen molar-refractivity contribution in [1.29, 1.82) is 0 Å². The number of nitrogens with zero attached hydrogens (tertiary/aromatic N) is 2. The number of anilines is 3. The smallest absolute Gasteiger partial charge is 0.266 e. The molecule has 0 atom stereocenters. The molecule has 24 heavy (non-hydrogen) atoms. The van der Waals surface area contributed by atoms with Crippen LogP contribution in [0.3, 0.4) is 0 Å². The van der Waals surface area contributed by atoms with Crippen LogP contribution in [-0.2, 0) is 0 Å². The van der Waals surface area contributed by atoms with Gasteiger partial charge in [0.15, 0.2) is 11.6 Å². The van der Waals surface area contributed by atoms with E-state index in [0.29, 0.717) is 23.1 Å². The molecule has 0 radical (unpaired) electrons. The predicted molar refractivity (Wildman–Crippen MR) is 95.2 cm³/mol. The van der Waals surface area contributed by atoms with Crippen LogP contribution in [0.4, 0.5) is 17.3 Å². The summed E-state index contributed by atoms with van der Waals surface area (Å²) in [7, 11) is 0. The summed E-state index contributed by atoms with van der Waals surface area (Å²) in [4.78, 5) is 12.6. The first-order chi connectivity index (χ1) is 11.7. The molecule has 6 nitrogen and oxygen atoms in total. The first-order valence-electron chi connectivity index (χ1n) is 7.43. The van der Waals surface area contributed by atoms with Crippen LogP contribution in [0, 0.1) is 0 Å². The number of rotatable bonds is 6. The molecule has 0 aliphatic heterocycles. The zero-order chi connectivity index (χ0) is 16.8. The predicted octanol–water partition coefficient (Wildman–Crippen LogP) is 3.93. The molecule has 3 aromatic rings. The van der Waals surface area contributed by atoms with Crippen LogP contribution in [0.1, 0.15) is 16.6 Å². The SMILES string of the molecule is CCOc1ccc(Nc2ccc(NC(=O)c3cccs3)nn2)cc1. The van der Waals surface area contributed by atoms with Crippen LogP contribution >= 0.6 is 11.3 Å². The molecule has 0 unspecified atom stereocenters. The van der Waals surface area contributed by atoms with E-state index in [9.17, 15) is 4.79 Å². The Kier molecular flexibility index (Phi) is 5.02. The summed E-state index contributed by atoms with van der Waals surface area (Å²) in [6, 6.07) is 14.6. The fraction of sp³-hybridized carbons (Fsp3) is 0.118. The number of benzene rings is 1. The third-order valence-electron chi connectivity index (χ3n) is 3.09. The third-order valence-corrected chi connectivity index (χ3v) is 3.96. The van der Waals surface area contributed by atoms with Crippen molar-refractivity contribution < 1.29 is 9.53 Å². The molecule has 0 saturated carbocycles. The molecule has 0 spiro atoms. The maximum atomic E-state index is 11.9. The van der Waals surface area contributed by atoms with Crippen molar-refractivity contribution in [2.45, 2.75) is 6.92 Å². The van der Waals surface area contributed by atoms with Gasteiger partial charge in [0.05, 0.1) is 11.5 Å². The molecular weight excluding hydrogens is 324 g/mol. The number of amides is 1. The van der Waals surface area contributed by atoms with Gasteiger partial charge in [-0.1, -0.05) is 6.07 Å². The zero-order valence-electron chi connectivity index (χ0n) is 13.0. The highest BCUT2D eigenvalue weighted by molar-refractivity contribution is 7.12. The average Bonchev–Trinajstić information content (AvgIpc) is 3.13. The molecule has 1 aromatic carbocycles. The molecule has 0 aliphatic rings. The molecule has 2 N–H and O–H groups in total. The minimum Gasteiger partial charge on any atom is -0.494 e. The molecule has 2 heterocycles. The van der Waals surface area contributed by atoms with E-state index in [4.69, 9.17) is 4.74 Å². The summed E-state index contributed by atoms with van der Waals surface area (Å²) in [6.07, 6.45) is 0. The van der Waals surface area contributed by atoms with E-state index < -0.39 is 0 Å². The molecule has 2 aromatic heterocycles. The van der Waals surface area contributed by atoms with E-state index in [1.165, 1.54) is 11.3 Å². The highest BCUT2D eigenvalue weighted by Crippen LogP contribution is 2.19. The molecule has 1 amide bonds. The van der Waals surface area contributed by atoms with E-state index in [1.54, 1.807) is 18.2 Å². The first kappa shape index (κ1) is 15.9. The average molecular weight is 340 g/mol. The van der Waals surface area contributed by atoms with Crippen molar-refractivity contribution in [2.24, 2.45) is 0 Å². The zero-order valence-corrected chi connectivity index (χ0v) is 13.8. The summed E-state index contributed by atoms with van der Waals surface area (Å²) in [6.45, 7) is 2.58. The van der Waals surface area contributed by atoms with E-state index in [1.807, 2.05) is 42.6 Å². The van der Waals surface area contributed by atoms with Gasteiger partial charge >= 0.3 is 0 Å². The van der Waals surface area contributed by atoms with Crippen molar-refractivity contribution in [3.63, 3.8) is 0 Å². The number of aromatic nitrogens is 2. The van der Waals surface area contributed by atoms with Crippen LogP contribution < -0.4 is 15.4 Å². The lowest BCUT2D eigenvalue weighted by molar-refractivity contribution is 0.103. The number of hydrogen-bond donors (Lipinski definition) is 2. The fourth-order valence-electron chi connectivity index (χ4n) is 2.00. The van der Waals surface area contributed by atoms with Gasteiger partial charge in [0.2, 0.25) is 0 Å². The maximum Gasteiger partial charge on any atom is 0.266 e. The Morgan fingerprint density at radius 2 is 1.83 bits per heavy atom.